The van der Waals surface area contributed by atoms with Gasteiger partial charge in [0.25, 0.3) is 5.56 Å². The van der Waals surface area contributed by atoms with E-state index in [4.69, 9.17) is 0 Å². The minimum absolute atomic E-state index is 0.00636. The number of hydrogen-bond acceptors (Lipinski definition) is 5. The Hall–Kier alpha value is -3.08. The molecule has 30 heavy (non-hydrogen) atoms. The van der Waals surface area contributed by atoms with Crippen LogP contribution in [0.5, 0.6) is 0 Å². The molecule has 1 N–H and O–H groups in total. The Labute approximate surface area is 173 Å². The standard InChI is InChI=1S/C19H17F3N4O3S/c1-2-7-25-16(28)11-30-14-9-24-26(18(29)17(14)25)10-15(27)23-8-12-3-5-13(6-4-12)19(20,21)22/h2-6,9H,1,7-8,10-11H2,(H,23,27). The van der Waals surface area contributed by atoms with Crippen LogP contribution in [0.2, 0.25) is 0 Å². The SMILES string of the molecule is C=CCN1C(=O)CSc2cnn(CC(=O)NCc3ccc(C(F)(F)F)cc3)c(=O)c21. The molecule has 11 heteroatoms. The lowest BCUT2D eigenvalue weighted by Gasteiger charge is -2.27. The second-order valence-corrected chi connectivity index (χ2v) is 7.39. The number of hydrogen-bond donors (Lipinski definition) is 1. The Balaban J connectivity index is 1.69. The summed E-state index contributed by atoms with van der Waals surface area (Å²) in [7, 11) is 0. The number of benzene rings is 1. The maximum atomic E-state index is 12.8. The van der Waals surface area contributed by atoms with Crippen molar-refractivity contribution >= 4 is 29.3 Å². The smallest absolute Gasteiger partial charge is 0.350 e. The van der Waals surface area contributed by atoms with Gasteiger partial charge in [0, 0.05) is 13.1 Å². The van der Waals surface area contributed by atoms with Gasteiger partial charge in [-0.15, -0.1) is 18.3 Å². The van der Waals surface area contributed by atoms with Gasteiger partial charge in [-0.25, -0.2) is 4.68 Å². The van der Waals surface area contributed by atoms with E-state index in [1.54, 1.807) is 0 Å². The molecule has 0 radical (unpaired) electrons. The molecule has 2 aromatic rings. The van der Waals surface area contributed by atoms with Gasteiger partial charge in [0.2, 0.25) is 11.8 Å². The third-order valence-electron chi connectivity index (χ3n) is 4.28. The molecular formula is C19H17F3N4O3S. The van der Waals surface area contributed by atoms with Gasteiger partial charge in [-0.3, -0.25) is 14.4 Å². The highest BCUT2D eigenvalue weighted by atomic mass is 32.2. The molecule has 0 aliphatic carbocycles. The van der Waals surface area contributed by atoms with Crippen molar-refractivity contribution in [1.82, 2.24) is 15.1 Å². The summed E-state index contributed by atoms with van der Waals surface area (Å²) in [5.74, 6) is -0.608. The number of nitrogens with zero attached hydrogens (tertiary/aromatic N) is 3. The van der Waals surface area contributed by atoms with Crippen LogP contribution in [0.15, 0.2) is 52.8 Å². The Morgan fingerprint density at radius 2 is 1.97 bits per heavy atom. The zero-order valence-corrected chi connectivity index (χ0v) is 16.4. The molecule has 0 fully saturated rings. The van der Waals surface area contributed by atoms with Crippen LogP contribution in [0, 0.1) is 0 Å². The molecule has 0 atom stereocenters. The van der Waals surface area contributed by atoms with Crippen molar-refractivity contribution in [3.8, 4) is 0 Å². The van der Waals surface area contributed by atoms with E-state index >= 15 is 0 Å². The number of thioether (sulfide) groups is 1. The van der Waals surface area contributed by atoms with E-state index in [1.165, 1.54) is 41.1 Å². The molecule has 0 saturated heterocycles. The lowest BCUT2D eigenvalue weighted by Crippen LogP contribution is -2.42. The van der Waals surface area contributed by atoms with E-state index in [2.05, 4.69) is 17.0 Å². The molecule has 0 unspecified atom stereocenters. The third-order valence-corrected chi connectivity index (χ3v) is 5.28. The molecule has 0 saturated carbocycles. The first-order chi connectivity index (χ1) is 14.2. The van der Waals surface area contributed by atoms with Crippen LogP contribution in [0.25, 0.3) is 0 Å². The van der Waals surface area contributed by atoms with Crippen LogP contribution in [0.4, 0.5) is 18.9 Å². The summed E-state index contributed by atoms with van der Waals surface area (Å²) in [6.07, 6.45) is -1.51. The second-order valence-electron chi connectivity index (χ2n) is 6.37. The minimum atomic E-state index is -4.43. The van der Waals surface area contributed by atoms with E-state index in [0.717, 1.165) is 16.8 Å². The maximum absolute atomic E-state index is 12.8. The number of carbonyl (C=O) groups is 2. The number of rotatable bonds is 6. The number of amides is 2. The number of halogens is 3. The van der Waals surface area contributed by atoms with E-state index in [9.17, 15) is 27.6 Å². The molecule has 1 aromatic carbocycles. The topological polar surface area (TPSA) is 84.3 Å². The third kappa shape index (κ3) is 4.73. The second kappa shape index (κ2) is 8.74. The van der Waals surface area contributed by atoms with Crippen LogP contribution in [0.1, 0.15) is 11.1 Å². The average molecular weight is 438 g/mol. The fraction of sp³-hybridized carbons (Fsp3) is 0.263. The summed E-state index contributed by atoms with van der Waals surface area (Å²) < 4.78 is 38.7. The van der Waals surface area contributed by atoms with Crippen molar-refractivity contribution < 1.29 is 22.8 Å². The van der Waals surface area contributed by atoms with Crippen LogP contribution in [0.3, 0.4) is 0 Å². The van der Waals surface area contributed by atoms with Crippen molar-refractivity contribution in [2.45, 2.75) is 24.2 Å². The molecule has 0 spiro atoms. The molecule has 2 amide bonds. The quantitative estimate of drug-likeness (QED) is 0.700. The summed E-state index contributed by atoms with van der Waals surface area (Å²) in [4.78, 5) is 38.9. The summed E-state index contributed by atoms with van der Waals surface area (Å²) in [5, 5.41) is 6.51. The average Bonchev–Trinajstić information content (AvgIpc) is 2.70. The van der Waals surface area contributed by atoms with Crippen molar-refractivity contribution in [3.63, 3.8) is 0 Å². The highest BCUT2D eigenvalue weighted by Crippen LogP contribution is 2.31. The fourth-order valence-electron chi connectivity index (χ4n) is 2.80. The van der Waals surface area contributed by atoms with Gasteiger partial charge < -0.3 is 10.2 Å². The monoisotopic (exact) mass is 438 g/mol. The minimum Gasteiger partial charge on any atom is -0.350 e. The van der Waals surface area contributed by atoms with Crippen molar-refractivity contribution in [2.75, 3.05) is 17.2 Å². The number of alkyl halides is 3. The Morgan fingerprint density at radius 1 is 1.27 bits per heavy atom. The highest BCUT2D eigenvalue weighted by molar-refractivity contribution is 8.00. The van der Waals surface area contributed by atoms with Crippen molar-refractivity contribution in [1.29, 1.82) is 0 Å². The number of anilines is 1. The lowest BCUT2D eigenvalue weighted by atomic mass is 10.1. The zero-order valence-electron chi connectivity index (χ0n) is 15.6. The van der Waals surface area contributed by atoms with Gasteiger partial charge in [-0.05, 0) is 17.7 Å². The number of nitrogens with one attached hydrogen (secondary N) is 1. The van der Waals surface area contributed by atoms with Crippen LogP contribution in [-0.4, -0.2) is 33.9 Å². The molecule has 2 heterocycles. The highest BCUT2D eigenvalue weighted by Gasteiger charge is 2.30. The zero-order chi connectivity index (χ0) is 21.9. The summed E-state index contributed by atoms with van der Waals surface area (Å²) >= 11 is 1.20. The molecule has 1 aromatic heterocycles. The van der Waals surface area contributed by atoms with Gasteiger partial charge in [-0.1, -0.05) is 18.2 Å². The molecule has 3 rings (SSSR count). The van der Waals surface area contributed by atoms with E-state index in [-0.39, 0.29) is 30.4 Å². The first-order valence-corrected chi connectivity index (χ1v) is 9.76. The molecule has 1 aliphatic rings. The number of aromatic nitrogens is 2. The molecule has 0 bridgehead atoms. The Bertz CT molecular complexity index is 1030. The Morgan fingerprint density at radius 3 is 2.60 bits per heavy atom. The van der Waals surface area contributed by atoms with Crippen LogP contribution in [-0.2, 0) is 28.9 Å². The predicted octanol–water partition coefficient (Wildman–Crippen LogP) is 2.20. The van der Waals surface area contributed by atoms with Crippen molar-refractivity contribution in [3.05, 3.63) is 64.6 Å². The Kier molecular flexibility index (Phi) is 6.30. The van der Waals surface area contributed by atoms with E-state index in [0.29, 0.717) is 10.5 Å². The molecule has 1 aliphatic heterocycles. The molecule has 7 nitrogen and oxygen atoms in total. The number of carbonyl (C=O) groups excluding carboxylic acids is 2. The fourth-order valence-corrected chi connectivity index (χ4v) is 3.69. The van der Waals surface area contributed by atoms with Gasteiger partial charge >= 0.3 is 6.18 Å². The van der Waals surface area contributed by atoms with Gasteiger partial charge in [0.05, 0.1) is 22.4 Å². The lowest BCUT2D eigenvalue weighted by molar-refractivity contribution is -0.137. The first-order valence-electron chi connectivity index (χ1n) is 8.77. The van der Waals surface area contributed by atoms with Gasteiger partial charge in [0.15, 0.2) is 0 Å². The largest absolute Gasteiger partial charge is 0.416 e. The van der Waals surface area contributed by atoms with Crippen LogP contribution < -0.4 is 15.8 Å². The predicted molar refractivity (Wildman–Crippen MR) is 105 cm³/mol. The van der Waals surface area contributed by atoms with E-state index < -0.39 is 29.8 Å². The van der Waals surface area contributed by atoms with E-state index in [1.807, 2.05) is 0 Å². The normalized spacial score (nSPS) is 13.7. The number of fused-ring (bicyclic) bond motifs is 1. The first kappa shape index (κ1) is 21.6. The summed E-state index contributed by atoms with van der Waals surface area (Å²) in [6.45, 7) is 3.34. The van der Waals surface area contributed by atoms with Crippen molar-refractivity contribution in [2.24, 2.45) is 0 Å². The summed E-state index contributed by atoms with van der Waals surface area (Å²) in [5.41, 5.74) is -0.735. The summed E-state index contributed by atoms with van der Waals surface area (Å²) in [6, 6.07) is 4.39. The van der Waals surface area contributed by atoms with Crippen LogP contribution >= 0.6 is 11.8 Å². The van der Waals surface area contributed by atoms with Gasteiger partial charge in [-0.2, -0.15) is 18.3 Å². The maximum Gasteiger partial charge on any atom is 0.416 e. The van der Waals surface area contributed by atoms with Gasteiger partial charge in [0.1, 0.15) is 12.2 Å². The molecule has 158 valence electrons. The molecular weight excluding hydrogens is 421 g/mol.